The summed E-state index contributed by atoms with van der Waals surface area (Å²) in [5.74, 6) is -11.4. The van der Waals surface area contributed by atoms with Crippen molar-refractivity contribution in [3.63, 3.8) is 0 Å². The van der Waals surface area contributed by atoms with E-state index in [-0.39, 0.29) is 0 Å². The molecule has 58 heavy (non-hydrogen) atoms. The molecular formula is C45H25F8NS4. The first kappa shape index (κ1) is 41.0. The van der Waals surface area contributed by atoms with Gasteiger partial charge in [0.1, 0.15) is 6.07 Å². The Hall–Kier alpha value is -5.13. The Morgan fingerprint density at radius 1 is 0.362 bits per heavy atom. The summed E-state index contributed by atoms with van der Waals surface area (Å²) in [4.78, 5) is 2.58. The van der Waals surface area contributed by atoms with Crippen molar-refractivity contribution in [2.75, 3.05) is 0 Å². The molecule has 7 rings (SSSR count). The van der Waals surface area contributed by atoms with Crippen molar-refractivity contribution in [3.8, 4) is 28.3 Å². The van der Waals surface area contributed by atoms with Crippen LogP contribution in [0.4, 0.5) is 35.1 Å². The first-order valence-corrected chi connectivity index (χ1v) is 20.4. The van der Waals surface area contributed by atoms with E-state index in [2.05, 4.69) is 6.07 Å². The van der Waals surface area contributed by atoms with E-state index in [0.29, 0.717) is 38.9 Å². The molecule has 0 heterocycles. The monoisotopic (exact) mass is 859 g/mol. The third kappa shape index (κ3) is 8.38. The fourth-order valence-corrected chi connectivity index (χ4v) is 9.42. The van der Waals surface area contributed by atoms with Crippen molar-refractivity contribution in [1.82, 2.24) is 0 Å². The van der Waals surface area contributed by atoms with Gasteiger partial charge in [0.25, 0.3) is 0 Å². The topological polar surface area (TPSA) is 23.8 Å². The molecule has 0 aliphatic heterocycles. The maximum absolute atomic E-state index is 14.4. The van der Waals surface area contributed by atoms with Crippen LogP contribution in [-0.4, -0.2) is 0 Å². The summed E-state index contributed by atoms with van der Waals surface area (Å²) < 4.78 is 114. The van der Waals surface area contributed by atoms with Gasteiger partial charge in [-0.3, -0.25) is 0 Å². The highest BCUT2D eigenvalue weighted by molar-refractivity contribution is 8.00. The number of nitrogens with zero attached hydrogens (tertiary/aromatic N) is 1. The fourth-order valence-electron chi connectivity index (χ4n) is 5.76. The number of halogens is 8. The van der Waals surface area contributed by atoms with E-state index in [0.717, 1.165) is 55.7 Å². The van der Waals surface area contributed by atoms with Crippen LogP contribution in [0.2, 0.25) is 0 Å². The lowest BCUT2D eigenvalue weighted by Crippen LogP contribution is -2.02. The molecule has 0 aromatic heterocycles. The lowest BCUT2D eigenvalue weighted by atomic mass is 10.1. The molecule has 0 N–H and O–H groups in total. The van der Waals surface area contributed by atoms with Crippen LogP contribution < -0.4 is 0 Å². The van der Waals surface area contributed by atoms with Gasteiger partial charge in [0, 0.05) is 40.5 Å². The zero-order valence-corrected chi connectivity index (χ0v) is 33.3. The average molecular weight is 860 g/mol. The van der Waals surface area contributed by atoms with Crippen molar-refractivity contribution < 1.29 is 35.1 Å². The van der Waals surface area contributed by atoms with Crippen molar-refractivity contribution >= 4 is 47.0 Å². The number of hydrogen-bond donors (Lipinski definition) is 0. The summed E-state index contributed by atoms with van der Waals surface area (Å²) in [6.45, 7) is 1.95. The second-order valence-electron chi connectivity index (χ2n) is 12.7. The van der Waals surface area contributed by atoms with Crippen LogP contribution >= 0.6 is 47.0 Å². The highest BCUT2D eigenvalue weighted by Gasteiger charge is 2.25. The Kier molecular flexibility index (Phi) is 12.3. The van der Waals surface area contributed by atoms with Gasteiger partial charge in [-0.1, -0.05) is 102 Å². The Labute approximate surface area is 345 Å². The van der Waals surface area contributed by atoms with Crippen molar-refractivity contribution in [2.45, 2.75) is 53.0 Å². The van der Waals surface area contributed by atoms with Crippen LogP contribution in [0.5, 0.6) is 0 Å². The van der Waals surface area contributed by atoms with Gasteiger partial charge in [-0.05, 0) is 96.8 Å². The molecule has 0 saturated heterocycles. The zero-order chi connectivity index (χ0) is 41.2. The smallest absolute Gasteiger partial charge is 0.176 e. The van der Waals surface area contributed by atoms with E-state index in [1.54, 1.807) is 48.5 Å². The molecule has 0 spiro atoms. The zero-order valence-electron chi connectivity index (χ0n) is 30.1. The molecule has 0 bridgehead atoms. The van der Waals surface area contributed by atoms with E-state index in [4.69, 9.17) is 0 Å². The number of benzene rings is 7. The highest BCUT2D eigenvalue weighted by atomic mass is 32.2. The van der Waals surface area contributed by atoms with Crippen LogP contribution in [0.3, 0.4) is 0 Å². The predicted octanol–water partition coefficient (Wildman–Crippen LogP) is 15.2. The maximum Gasteiger partial charge on any atom is 0.176 e. The van der Waals surface area contributed by atoms with Crippen molar-refractivity contribution in [2.24, 2.45) is 0 Å². The lowest BCUT2D eigenvalue weighted by molar-refractivity contribution is 0.418. The summed E-state index contributed by atoms with van der Waals surface area (Å²) in [7, 11) is 0. The first-order valence-electron chi connectivity index (χ1n) is 17.1. The Balaban J connectivity index is 1.000. The molecule has 0 unspecified atom stereocenters. The minimum absolute atomic E-state index is 0.396. The molecule has 0 atom stereocenters. The molecule has 0 amide bonds. The lowest BCUT2D eigenvalue weighted by Gasteiger charge is -2.11. The Morgan fingerprint density at radius 2 is 0.621 bits per heavy atom. The summed E-state index contributed by atoms with van der Waals surface area (Å²) in [6, 6.07) is 36.6. The largest absolute Gasteiger partial charge is 0.203 e. The van der Waals surface area contributed by atoms with Gasteiger partial charge in [0.2, 0.25) is 0 Å². The van der Waals surface area contributed by atoms with E-state index in [1.807, 2.05) is 66.7 Å². The third-order valence-corrected chi connectivity index (χ3v) is 13.2. The van der Waals surface area contributed by atoms with Crippen LogP contribution in [-0.2, 0) is 0 Å². The third-order valence-electron chi connectivity index (χ3n) is 8.96. The number of hydrogen-bond acceptors (Lipinski definition) is 5. The molecule has 0 saturated carbocycles. The second-order valence-corrected chi connectivity index (χ2v) is 17.1. The normalized spacial score (nSPS) is 11.2. The molecule has 13 heteroatoms. The van der Waals surface area contributed by atoms with Crippen LogP contribution in [0.25, 0.3) is 22.3 Å². The minimum atomic E-state index is -1.43. The molecule has 0 fully saturated rings. The van der Waals surface area contributed by atoms with Gasteiger partial charge in [-0.25, -0.2) is 35.1 Å². The van der Waals surface area contributed by atoms with E-state index in [1.165, 1.54) is 23.5 Å². The second kappa shape index (κ2) is 17.4. The fraction of sp³-hybridized carbons (Fsp3) is 0.0444. The van der Waals surface area contributed by atoms with E-state index >= 15 is 0 Å². The summed E-state index contributed by atoms with van der Waals surface area (Å²) in [5.41, 5.74) is 2.42. The predicted molar refractivity (Wildman–Crippen MR) is 213 cm³/mol. The van der Waals surface area contributed by atoms with Crippen molar-refractivity contribution in [3.05, 3.63) is 178 Å². The number of nitriles is 1. The van der Waals surface area contributed by atoms with Crippen LogP contribution in [0.15, 0.2) is 154 Å². The SMILES string of the molecule is Cc1c(F)c(F)c(Sc2ccc(-c3ccc(Sc4cccc(Sc5ccc(-c6ccc(Sc7c(F)c(F)c(C)c(F)c7F)cc6)cc5)c4C#N)cc3)cc2)c(F)c1F. The van der Waals surface area contributed by atoms with Gasteiger partial charge in [-0.2, -0.15) is 5.26 Å². The van der Waals surface area contributed by atoms with Gasteiger partial charge in [0.05, 0.1) is 15.4 Å². The quantitative estimate of drug-likeness (QED) is 0.101. The molecule has 290 valence electrons. The molecule has 1 nitrogen and oxygen atoms in total. The molecular weight excluding hydrogens is 835 g/mol. The van der Waals surface area contributed by atoms with Crippen molar-refractivity contribution in [1.29, 1.82) is 5.26 Å². The van der Waals surface area contributed by atoms with E-state index in [9.17, 15) is 40.4 Å². The molecule has 0 aliphatic rings. The minimum Gasteiger partial charge on any atom is -0.203 e. The highest BCUT2D eigenvalue weighted by Crippen LogP contribution is 2.41. The van der Waals surface area contributed by atoms with Gasteiger partial charge in [0.15, 0.2) is 46.5 Å². The van der Waals surface area contributed by atoms with Gasteiger partial charge < -0.3 is 0 Å². The molecule has 7 aromatic carbocycles. The number of rotatable bonds is 10. The summed E-state index contributed by atoms with van der Waals surface area (Å²) >= 11 is 4.05. The molecule has 7 aromatic rings. The first-order chi connectivity index (χ1) is 27.8. The molecule has 0 aliphatic carbocycles. The maximum atomic E-state index is 14.4. The Morgan fingerprint density at radius 3 is 0.879 bits per heavy atom. The standard InChI is InChI=1S/C45H25F8NS4/c1-23-36(46)40(50)44(41(51)37(23)47)57-31-18-10-27(11-19-31)25-6-14-29(15-7-25)55-34-4-3-5-35(33(34)22-54)56-30-16-8-26(9-17-30)28-12-20-32(21-13-28)58-45-42(52)38(48)24(2)39(49)43(45)53/h3-21H,1-2H3. The van der Waals surface area contributed by atoms with Gasteiger partial charge in [-0.15, -0.1) is 0 Å². The average Bonchev–Trinajstić information content (AvgIpc) is 3.25. The Bertz CT molecular complexity index is 2480. The van der Waals surface area contributed by atoms with Crippen LogP contribution in [0, 0.1) is 71.7 Å². The summed E-state index contributed by atoms with van der Waals surface area (Å²) in [6.07, 6.45) is 0. The molecule has 0 radical (unpaired) electrons. The van der Waals surface area contributed by atoms with Crippen LogP contribution in [0.1, 0.15) is 16.7 Å². The van der Waals surface area contributed by atoms with Gasteiger partial charge >= 0.3 is 0 Å². The summed E-state index contributed by atoms with van der Waals surface area (Å²) in [5, 5.41) is 10.2. The van der Waals surface area contributed by atoms with E-state index < -0.39 is 67.5 Å².